The lowest BCUT2D eigenvalue weighted by atomic mass is 10.2. The van der Waals surface area contributed by atoms with E-state index in [1.807, 2.05) is 0 Å². The van der Waals surface area contributed by atoms with E-state index in [2.05, 4.69) is 10.0 Å². The van der Waals surface area contributed by atoms with Crippen molar-refractivity contribution >= 4 is 68.0 Å². The van der Waals surface area contributed by atoms with E-state index in [-0.39, 0.29) is 32.1 Å². The molecule has 7 nitrogen and oxygen atoms in total. The second-order valence-corrected chi connectivity index (χ2v) is 10.2. The Morgan fingerprint density at radius 2 is 1.83 bits per heavy atom. The summed E-state index contributed by atoms with van der Waals surface area (Å²) >= 11 is 8.37. The van der Waals surface area contributed by atoms with Crippen molar-refractivity contribution in [1.82, 2.24) is 0 Å². The number of benzene rings is 2. The van der Waals surface area contributed by atoms with Gasteiger partial charge in [-0.3, -0.25) is 9.52 Å². The van der Waals surface area contributed by atoms with Crippen molar-refractivity contribution in [3.05, 3.63) is 70.6 Å². The van der Waals surface area contributed by atoms with Gasteiger partial charge in [-0.15, -0.1) is 23.1 Å². The molecule has 0 fully saturated rings. The molecule has 1 heterocycles. The number of carbonyl (C=O) groups excluding carboxylic acids is 1. The minimum absolute atomic E-state index is 0.0166. The summed E-state index contributed by atoms with van der Waals surface area (Å²) in [6, 6.07) is 13.8. The average Bonchev–Trinajstić information content (AvgIpc) is 3.25. The standard InChI is InChI=1S/C19H15ClN2O5S3/c20-15-8-3-12(19(24)25)10-16(15)21-17(23)11-29-14-6-4-13(5-7-14)22-30(26,27)18-2-1-9-28-18/h1-10,22H,11H2,(H,21,23)(H,24,25). The number of hydrogen-bond donors (Lipinski definition) is 3. The van der Waals surface area contributed by atoms with Crippen LogP contribution in [0.25, 0.3) is 0 Å². The van der Waals surface area contributed by atoms with Gasteiger partial charge in [0.2, 0.25) is 5.91 Å². The SMILES string of the molecule is O=C(CSc1ccc(NS(=O)(=O)c2cccs2)cc1)Nc1cc(C(=O)O)ccc1Cl. The Labute approximate surface area is 186 Å². The smallest absolute Gasteiger partial charge is 0.335 e. The summed E-state index contributed by atoms with van der Waals surface area (Å²) in [7, 11) is -3.61. The fraction of sp³-hybridized carbons (Fsp3) is 0.0526. The van der Waals surface area contributed by atoms with Crippen LogP contribution >= 0.6 is 34.7 Å². The van der Waals surface area contributed by atoms with Crippen molar-refractivity contribution in [1.29, 1.82) is 0 Å². The molecule has 0 unspecified atom stereocenters. The van der Waals surface area contributed by atoms with Gasteiger partial charge in [0.25, 0.3) is 10.0 Å². The molecule has 156 valence electrons. The van der Waals surface area contributed by atoms with E-state index in [1.54, 1.807) is 35.7 Å². The van der Waals surface area contributed by atoms with Crippen LogP contribution in [0, 0.1) is 0 Å². The fourth-order valence-electron chi connectivity index (χ4n) is 2.33. The largest absolute Gasteiger partial charge is 0.478 e. The topological polar surface area (TPSA) is 113 Å². The van der Waals surface area contributed by atoms with Crippen molar-refractivity contribution in [2.24, 2.45) is 0 Å². The van der Waals surface area contributed by atoms with Gasteiger partial charge in [0.05, 0.1) is 22.0 Å². The monoisotopic (exact) mass is 482 g/mol. The molecule has 0 saturated heterocycles. The van der Waals surface area contributed by atoms with E-state index in [1.165, 1.54) is 36.0 Å². The zero-order chi connectivity index (χ0) is 21.7. The van der Waals surface area contributed by atoms with E-state index in [0.29, 0.717) is 5.69 Å². The Hall–Kier alpha value is -2.53. The summed E-state index contributed by atoms with van der Waals surface area (Å²) in [5.74, 6) is -1.41. The number of thiophene rings is 1. The van der Waals surface area contributed by atoms with E-state index in [0.717, 1.165) is 16.2 Å². The Kier molecular flexibility index (Phi) is 7.03. The van der Waals surface area contributed by atoms with E-state index in [4.69, 9.17) is 16.7 Å². The number of aromatic carboxylic acids is 1. The molecule has 0 atom stereocenters. The Bertz CT molecular complexity index is 1160. The van der Waals surface area contributed by atoms with Gasteiger partial charge < -0.3 is 10.4 Å². The van der Waals surface area contributed by atoms with Crippen molar-refractivity contribution in [2.75, 3.05) is 15.8 Å². The third-order valence-electron chi connectivity index (χ3n) is 3.72. The summed E-state index contributed by atoms with van der Waals surface area (Å²) in [5, 5.41) is 13.5. The lowest BCUT2D eigenvalue weighted by Gasteiger charge is -2.09. The fourth-order valence-corrected chi connectivity index (χ4v) is 5.25. The van der Waals surface area contributed by atoms with Gasteiger partial charge in [-0.25, -0.2) is 13.2 Å². The molecule has 0 aliphatic heterocycles. The number of thioether (sulfide) groups is 1. The van der Waals surface area contributed by atoms with Crippen LogP contribution in [-0.2, 0) is 14.8 Å². The first-order valence-electron chi connectivity index (χ1n) is 8.36. The first kappa shape index (κ1) is 22.2. The molecule has 3 rings (SSSR count). The third kappa shape index (κ3) is 5.76. The first-order valence-corrected chi connectivity index (χ1v) is 12.1. The molecule has 0 radical (unpaired) electrons. The minimum atomic E-state index is -3.61. The zero-order valence-electron chi connectivity index (χ0n) is 15.2. The van der Waals surface area contributed by atoms with Gasteiger partial charge in [-0.1, -0.05) is 17.7 Å². The number of carboxylic acids is 1. The number of hydrogen-bond acceptors (Lipinski definition) is 6. The van der Waals surface area contributed by atoms with Gasteiger partial charge in [0.1, 0.15) is 4.21 Å². The first-order chi connectivity index (χ1) is 14.2. The van der Waals surface area contributed by atoms with Gasteiger partial charge in [-0.2, -0.15) is 0 Å². The predicted octanol–water partition coefficient (Wildman–Crippen LogP) is 4.63. The summed E-state index contributed by atoms with van der Waals surface area (Å²) in [5.41, 5.74) is 0.651. The van der Waals surface area contributed by atoms with Crippen LogP contribution in [0.4, 0.5) is 11.4 Å². The molecule has 0 aliphatic carbocycles. The summed E-state index contributed by atoms with van der Waals surface area (Å²) < 4.78 is 27.2. The van der Waals surface area contributed by atoms with Crippen LogP contribution in [-0.4, -0.2) is 31.2 Å². The van der Waals surface area contributed by atoms with Gasteiger partial charge in [0.15, 0.2) is 0 Å². The predicted molar refractivity (Wildman–Crippen MR) is 119 cm³/mol. The lowest BCUT2D eigenvalue weighted by Crippen LogP contribution is -2.15. The number of sulfonamides is 1. The Morgan fingerprint density at radius 3 is 2.47 bits per heavy atom. The highest BCUT2D eigenvalue weighted by atomic mass is 35.5. The van der Waals surface area contributed by atoms with Crippen molar-refractivity contribution < 1.29 is 23.1 Å². The number of halogens is 1. The van der Waals surface area contributed by atoms with Gasteiger partial charge in [0, 0.05) is 10.6 Å². The lowest BCUT2D eigenvalue weighted by molar-refractivity contribution is -0.113. The molecule has 3 aromatic rings. The van der Waals surface area contributed by atoms with Crippen LogP contribution in [0.3, 0.4) is 0 Å². The van der Waals surface area contributed by atoms with E-state index < -0.39 is 16.0 Å². The highest BCUT2D eigenvalue weighted by molar-refractivity contribution is 8.00. The zero-order valence-corrected chi connectivity index (χ0v) is 18.4. The van der Waals surface area contributed by atoms with Crippen molar-refractivity contribution in [3.63, 3.8) is 0 Å². The molecule has 0 spiro atoms. The van der Waals surface area contributed by atoms with Crippen molar-refractivity contribution in [2.45, 2.75) is 9.10 Å². The molecule has 0 bridgehead atoms. The van der Waals surface area contributed by atoms with Crippen molar-refractivity contribution in [3.8, 4) is 0 Å². The number of anilines is 2. The molecular formula is C19H15ClN2O5S3. The minimum Gasteiger partial charge on any atom is -0.478 e. The molecule has 1 aromatic heterocycles. The molecular weight excluding hydrogens is 468 g/mol. The van der Waals surface area contributed by atoms with Crippen LogP contribution in [0.2, 0.25) is 5.02 Å². The molecule has 0 saturated carbocycles. The van der Waals surface area contributed by atoms with Crippen LogP contribution < -0.4 is 10.0 Å². The number of rotatable bonds is 8. The number of amides is 1. The third-order valence-corrected chi connectivity index (χ3v) is 7.84. The summed E-state index contributed by atoms with van der Waals surface area (Å²) in [6.07, 6.45) is 0. The second-order valence-electron chi connectivity index (χ2n) is 5.90. The average molecular weight is 483 g/mol. The molecule has 0 aliphatic rings. The summed E-state index contributed by atoms with van der Waals surface area (Å²) in [4.78, 5) is 24.0. The molecule has 1 amide bonds. The molecule has 30 heavy (non-hydrogen) atoms. The van der Waals surface area contributed by atoms with E-state index >= 15 is 0 Å². The summed E-state index contributed by atoms with van der Waals surface area (Å²) in [6.45, 7) is 0. The second kappa shape index (κ2) is 9.52. The molecule has 2 aromatic carbocycles. The Morgan fingerprint density at radius 1 is 1.10 bits per heavy atom. The molecule has 3 N–H and O–H groups in total. The van der Waals surface area contributed by atoms with E-state index in [9.17, 15) is 18.0 Å². The number of carbonyl (C=O) groups is 2. The Balaban J connectivity index is 1.57. The number of nitrogens with one attached hydrogen (secondary N) is 2. The maximum absolute atomic E-state index is 12.2. The normalized spacial score (nSPS) is 11.1. The molecule has 11 heteroatoms. The van der Waals surface area contributed by atoms with Crippen LogP contribution in [0.1, 0.15) is 10.4 Å². The van der Waals surface area contributed by atoms with Gasteiger partial charge in [-0.05, 0) is 53.9 Å². The van der Waals surface area contributed by atoms with Crippen LogP contribution in [0.15, 0.2) is 69.1 Å². The highest BCUT2D eigenvalue weighted by Crippen LogP contribution is 2.26. The van der Waals surface area contributed by atoms with Crippen LogP contribution in [0.5, 0.6) is 0 Å². The quantitative estimate of drug-likeness (QED) is 0.403. The number of carboxylic acid groups (broad SMARTS) is 1. The van der Waals surface area contributed by atoms with Gasteiger partial charge >= 0.3 is 5.97 Å². The highest BCUT2D eigenvalue weighted by Gasteiger charge is 2.15. The maximum atomic E-state index is 12.2. The maximum Gasteiger partial charge on any atom is 0.335 e.